The Balaban J connectivity index is 0.00000180. The van der Waals surface area contributed by atoms with E-state index in [0.717, 1.165) is 16.9 Å². The number of halogens is 1. The van der Waals surface area contributed by atoms with Crippen molar-refractivity contribution in [2.24, 2.45) is 7.05 Å². The first-order chi connectivity index (χ1) is 8.70. The Kier molecular flexibility index (Phi) is 6.24. The van der Waals surface area contributed by atoms with Crippen LogP contribution in [0.5, 0.6) is 5.75 Å². The predicted molar refractivity (Wildman–Crippen MR) is 69.3 cm³/mol. The molecule has 0 radical (unpaired) electrons. The fourth-order valence-electron chi connectivity index (χ4n) is 1.94. The van der Waals surface area contributed by atoms with E-state index in [1.165, 1.54) is 0 Å². The van der Waals surface area contributed by atoms with Crippen molar-refractivity contribution in [2.75, 3.05) is 7.11 Å². The van der Waals surface area contributed by atoms with Gasteiger partial charge in [0.05, 0.1) is 13.2 Å². The summed E-state index contributed by atoms with van der Waals surface area (Å²) in [5.41, 5.74) is 1.93. The Hall–Kier alpha value is -1.14. The van der Waals surface area contributed by atoms with Gasteiger partial charge < -0.3 is 33.8 Å². The zero-order valence-electron chi connectivity index (χ0n) is 11.1. The molecule has 1 aromatic heterocycles. The van der Waals surface area contributed by atoms with Gasteiger partial charge in [-0.05, 0) is 11.6 Å². The smallest absolute Gasteiger partial charge is 0.168 e. The van der Waals surface area contributed by atoms with Crippen molar-refractivity contribution in [3.8, 4) is 5.75 Å². The third kappa shape index (κ3) is 4.18. The number of aryl methyl sites for hydroxylation is 1. The Labute approximate surface area is 130 Å². The van der Waals surface area contributed by atoms with Crippen LogP contribution < -0.4 is 33.3 Å². The molecule has 1 N–H and O–H groups in total. The van der Waals surface area contributed by atoms with E-state index in [-0.39, 0.29) is 24.0 Å². The zero-order chi connectivity index (χ0) is 13.0. The molecule has 0 aliphatic carbocycles. The molecule has 0 spiro atoms. The van der Waals surface area contributed by atoms with Crippen molar-refractivity contribution in [3.63, 3.8) is 0 Å². The number of hydrogen-bond donors (Lipinski definition) is 1. The largest absolute Gasteiger partial charge is 1.00 e. The number of aliphatic hydroxyl groups excluding tert-OH is 1. The first-order valence-electron chi connectivity index (χ1n) is 5.96. The van der Waals surface area contributed by atoms with Gasteiger partial charge in [-0.15, -0.1) is 0 Å². The summed E-state index contributed by atoms with van der Waals surface area (Å²) in [6, 6.07) is 11.6. The van der Waals surface area contributed by atoms with Crippen molar-refractivity contribution in [3.05, 3.63) is 59.9 Å². The average Bonchev–Trinajstić information content (AvgIpc) is 2.41. The van der Waals surface area contributed by atoms with Crippen LogP contribution in [0.4, 0.5) is 0 Å². The van der Waals surface area contributed by atoms with E-state index in [2.05, 4.69) is 0 Å². The molecule has 1 aromatic carbocycles. The van der Waals surface area contributed by atoms with Crippen LogP contribution in [-0.4, -0.2) is 12.2 Å². The summed E-state index contributed by atoms with van der Waals surface area (Å²) in [5, 5.41) is 10.3. The second-order valence-corrected chi connectivity index (χ2v) is 4.33. The van der Waals surface area contributed by atoms with Crippen LogP contribution in [-0.2, 0) is 13.5 Å². The molecule has 1 atom stereocenters. The standard InChI is InChI=1S/C15H18NO2.HI/c1-16-9-7-12(8-10-16)11-14(17)13-5-3-4-6-15(13)18-2;/h3-10,14,17H,11H2,1-2H3;1H/q+1;/p-1. The molecule has 0 fully saturated rings. The lowest BCUT2D eigenvalue weighted by Crippen LogP contribution is -3.00. The normalized spacial score (nSPS) is 11.5. The van der Waals surface area contributed by atoms with Crippen LogP contribution in [0.25, 0.3) is 0 Å². The molecular formula is C15H18INO2. The van der Waals surface area contributed by atoms with Gasteiger partial charge in [0.2, 0.25) is 0 Å². The zero-order valence-corrected chi connectivity index (χ0v) is 13.2. The van der Waals surface area contributed by atoms with Gasteiger partial charge in [0, 0.05) is 24.1 Å². The lowest BCUT2D eigenvalue weighted by atomic mass is 10.0. The van der Waals surface area contributed by atoms with Gasteiger partial charge in [-0.25, -0.2) is 4.57 Å². The molecule has 2 rings (SSSR count). The number of rotatable bonds is 4. The summed E-state index contributed by atoms with van der Waals surface area (Å²) in [5.74, 6) is 0.728. The number of para-hydroxylation sites is 1. The first-order valence-corrected chi connectivity index (χ1v) is 5.96. The minimum Gasteiger partial charge on any atom is -1.00 e. The fourth-order valence-corrected chi connectivity index (χ4v) is 1.94. The molecular weight excluding hydrogens is 353 g/mol. The number of ether oxygens (including phenoxy) is 1. The van der Waals surface area contributed by atoms with Crippen LogP contribution in [0.2, 0.25) is 0 Å². The summed E-state index contributed by atoms with van der Waals surface area (Å²) in [7, 11) is 3.59. The quantitative estimate of drug-likeness (QED) is 0.541. The molecule has 0 amide bonds. The molecule has 0 aliphatic heterocycles. The van der Waals surface area contributed by atoms with Gasteiger partial charge in [0.15, 0.2) is 12.4 Å². The number of aromatic nitrogens is 1. The molecule has 3 nitrogen and oxygen atoms in total. The molecule has 102 valence electrons. The molecule has 0 saturated carbocycles. The highest BCUT2D eigenvalue weighted by molar-refractivity contribution is 5.35. The third-order valence-corrected chi connectivity index (χ3v) is 2.97. The Morgan fingerprint density at radius 3 is 2.42 bits per heavy atom. The van der Waals surface area contributed by atoms with Gasteiger partial charge in [-0.1, -0.05) is 18.2 Å². The maximum atomic E-state index is 10.3. The SMILES string of the molecule is COc1ccccc1C(O)Cc1cc[n+](C)cc1.[I-]. The highest BCUT2D eigenvalue weighted by atomic mass is 127. The first kappa shape index (κ1) is 15.9. The summed E-state index contributed by atoms with van der Waals surface area (Å²) >= 11 is 0. The van der Waals surface area contributed by atoms with Gasteiger partial charge in [-0.3, -0.25) is 0 Å². The minimum absolute atomic E-state index is 0. The fraction of sp³-hybridized carbons (Fsp3) is 0.267. The summed E-state index contributed by atoms with van der Waals surface area (Å²) in [6.07, 6.45) is 3.99. The monoisotopic (exact) mass is 371 g/mol. The molecule has 2 aromatic rings. The van der Waals surface area contributed by atoms with Crippen molar-refractivity contribution < 1.29 is 38.4 Å². The number of nitrogens with zero attached hydrogens (tertiary/aromatic N) is 1. The number of methoxy groups -OCH3 is 1. The van der Waals surface area contributed by atoms with E-state index >= 15 is 0 Å². The Morgan fingerprint density at radius 1 is 1.16 bits per heavy atom. The predicted octanol–water partition coefficient (Wildman–Crippen LogP) is -1.20. The van der Waals surface area contributed by atoms with Gasteiger partial charge in [0.1, 0.15) is 12.8 Å². The number of aliphatic hydroxyl groups is 1. The lowest BCUT2D eigenvalue weighted by Gasteiger charge is -2.14. The lowest BCUT2D eigenvalue weighted by molar-refractivity contribution is -0.671. The maximum absolute atomic E-state index is 10.3. The summed E-state index contributed by atoms with van der Waals surface area (Å²) in [4.78, 5) is 0. The van der Waals surface area contributed by atoms with E-state index in [9.17, 15) is 5.11 Å². The van der Waals surface area contributed by atoms with E-state index in [1.807, 2.05) is 60.4 Å². The molecule has 19 heavy (non-hydrogen) atoms. The highest BCUT2D eigenvalue weighted by Crippen LogP contribution is 2.26. The molecule has 0 aliphatic rings. The van der Waals surface area contributed by atoms with Crippen molar-refractivity contribution in [2.45, 2.75) is 12.5 Å². The van der Waals surface area contributed by atoms with Crippen LogP contribution in [0.3, 0.4) is 0 Å². The Morgan fingerprint density at radius 2 is 1.79 bits per heavy atom. The molecule has 1 unspecified atom stereocenters. The second kappa shape index (κ2) is 7.45. The third-order valence-electron chi connectivity index (χ3n) is 2.97. The van der Waals surface area contributed by atoms with Gasteiger partial charge >= 0.3 is 0 Å². The molecule has 4 heteroatoms. The Bertz CT molecular complexity index is 514. The molecule has 0 bridgehead atoms. The minimum atomic E-state index is -0.547. The van der Waals surface area contributed by atoms with E-state index < -0.39 is 6.10 Å². The summed E-state index contributed by atoms with van der Waals surface area (Å²) < 4.78 is 7.23. The van der Waals surface area contributed by atoms with Crippen LogP contribution in [0.1, 0.15) is 17.2 Å². The van der Waals surface area contributed by atoms with Crippen LogP contribution >= 0.6 is 0 Å². The number of pyridine rings is 1. The molecule has 0 saturated heterocycles. The maximum Gasteiger partial charge on any atom is 0.168 e. The van der Waals surface area contributed by atoms with Crippen LogP contribution in [0, 0.1) is 0 Å². The van der Waals surface area contributed by atoms with E-state index in [1.54, 1.807) is 7.11 Å². The summed E-state index contributed by atoms with van der Waals surface area (Å²) in [6.45, 7) is 0. The van der Waals surface area contributed by atoms with E-state index in [4.69, 9.17) is 4.74 Å². The average molecular weight is 371 g/mol. The van der Waals surface area contributed by atoms with Crippen LogP contribution in [0.15, 0.2) is 48.8 Å². The second-order valence-electron chi connectivity index (χ2n) is 4.33. The van der Waals surface area contributed by atoms with E-state index in [0.29, 0.717) is 6.42 Å². The highest BCUT2D eigenvalue weighted by Gasteiger charge is 2.13. The van der Waals surface area contributed by atoms with Crippen molar-refractivity contribution >= 4 is 0 Å². The van der Waals surface area contributed by atoms with Gasteiger partial charge in [0.25, 0.3) is 0 Å². The van der Waals surface area contributed by atoms with Gasteiger partial charge in [-0.2, -0.15) is 0 Å². The van der Waals surface area contributed by atoms with Crippen molar-refractivity contribution in [1.82, 2.24) is 0 Å². The number of benzene rings is 1. The topological polar surface area (TPSA) is 33.3 Å². The van der Waals surface area contributed by atoms with Crippen molar-refractivity contribution in [1.29, 1.82) is 0 Å². The number of hydrogen-bond acceptors (Lipinski definition) is 2. The molecule has 1 heterocycles.